The zero-order chi connectivity index (χ0) is 22.7. The zero-order valence-corrected chi connectivity index (χ0v) is 18.1. The highest BCUT2D eigenvalue weighted by Gasteiger charge is 2.32. The topological polar surface area (TPSA) is 111 Å². The number of nitrogens with two attached hydrogens (primary N) is 1. The Morgan fingerprint density at radius 1 is 1.12 bits per heavy atom. The molecule has 1 aliphatic heterocycles. The van der Waals surface area contributed by atoms with Gasteiger partial charge in [0.15, 0.2) is 5.82 Å². The Morgan fingerprint density at radius 3 is 2.56 bits per heavy atom. The van der Waals surface area contributed by atoms with Gasteiger partial charge in [0.1, 0.15) is 5.75 Å². The smallest absolute Gasteiger partial charge is 0.337 e. The quantitative estimate of drug-likeness (QED) is 0.589. The van der Waals surface area contributed by atoms with E-state index in [-0.39, 0.29) is 23.7 Å². The number of carbonyl (C=O) groups is 1. The Bertz CT molecular complexity index is 1100. The van der Waals surface area contributed by atoms with Crippen LogP contribution in [0.15, 0.2) is 54.6 Å². The summed E-state index contributed by atoms with van der Waals surface area (Å²) in [7, 11) is 3.08. The first-order valence-electron chi connectivity index (χ1n) is 10.4. The summed E-state index contributed by atoms with van der Waals surface area (Å²) in [4.78, 5) is 13.9. The van der Waals surface area contributed by atoms with E-state index in [0.29, 0.717) is 29.2 Å². The van der Waals surface area contributed by atoms with Crippen molar-refractivity contribution >= 4 is 17.5 Å². The Hall–Kier alpha value is -3.65. The van der Waals surface area contributed by atoms with Gasteiger partial charge in [0, 0.05) is 31.7 Å². The van der Waals surface area contributed by atoms with Crippen LogP contribution < -0.4 is 10.6 Å². The van der Waals surface area contributed by atoms with Gasteiger partial charge in [-0.25, -0.2) is 4.79 Å². The van der Waals surface area contributed by atoms with Crippen LogP contribution in [0.5, 0.6) is 5.75 Å². The van der Waals surface area contributed by atoms with Crippen LogP contribution >= 0.6 is 0 Å². The average molecular weight is 434 g/mol. The minimum atomic E-state index is -0.363. The molecule has 0 bridgehead atoms. The van der Waals surface area contributed by atoms with E-state index in [4.69, 9.17) is 15.2 Å². The molecule has 1 fully saturated rings. The second-order valence-corrected chi connectivity index (χ2v) is 7.75. The van der Waals surface area contributed by atoms with Crippen LogP contribution in [0.4, 0.5) is 11.5 Å². The molecule has 2 atom stereocenters. The number of hydrogen-bond acceptors (Lipinski definition) is 8. The highest BCUT2D eigenvalue weighted by Crippen LogP contribution is 2.36. The van der Waals surface area contributed by atoms with Gasteiger partial charge in [-0.1, -0.05) is 24.3 Å². The Morgan fingerprint density at radius 2 is 1.88 bits per heavy atom. The van der Waals surface area contributed by atoms with Crippen LogP contribution in [0.2, 0.25) is 0 Å². The van der Waals surface area contributed by atoms with Crippen molar-refractivity contribution in [2.45, 2.75) is 18.4 Å². The minimum Gasteiger partial charge on any atom is -0.507 e. The molecule has 1 unspecified atom stereocenters. The lowest BCUT2D eigenvalue weighted by Crippen LogP contribution is -2.43. The highest BCUT2D eigenvalue weighted by molar-refractivity contribution is 5.89. The number of rotatable bonds is 5. The molecule has 3 N–H and O–H groups in total. The number of phenols is 1. The number of piperidine rings is 1. The summed E-state index contributed by atoms with van der Waals surface area (Å²) >= 11 is 0. The van der Waals surface area contributed by atoms with Crippen LogP contribution in [0.3, 0.4) is 0 Å². The molecule has 8 nitrogen and oxygen atoms in total. The molecular formula is C24H26N4O4. The number of ether oxygens (including phenoxy) is 2. The van der Waals surface area contributed by atoms with Crippen molar-refractivity contribution in [3.05, 3.63) is 65.7 Å². The summed E-state index contributed by atoms with van der Waals surface area (Å²) in [5.41, 5.74) is 9.69. The van der Waals surface area contributed by atoms with Crippen molar-refractivity contribution in [3.8, 4) is 17.0 Å². The fourth-order valence-corrected chi connectivity index (χ4v) is 4.20. The molecule has 0 aliphatic carbocycles. The Labute approximate surface area is 186 Å². The van der Waals surface area contributed by atoms with E-state index in [2.05, 4.69) is 15.1 Å². The van der Waals surface area contributed by atoms with Crippen LogP contribution in [0, 0.1) is 0 Å². The molecule has 1 saturated heterocycles. The number of aromatic nitrogens is 2. The van der Waals surface area contributed by atoms with Crippen LogP contribution in [-0.4, -0.2) is 54.7 Å². The number of benzene rings is 2. The fraction of sp³-hybridized carbons (Fsp3) is 0.292. The van der Waals surface area contributed by atoms with Crippen LogP contribution in [0.25, 0.3) is 11.3 Å². The zero-order valence-electron chi connectivity index (χ0n) is 18.1. The summed E-state index contributed by atoms with van der Waals surface area (Å²) in [6.45, 7) is 1.40. The van der Waals surface area contributed by atoms with E-state index in [1.54, 1.807) is 37.4 Å². The maximum atomic E-state index is 11.8. The Kier molecular flexibility index (Phi) is 6.23. The monoisotopic (exact) mass is 434 g/mol. The van der Waals surface area contributed by atoms with Gasteiger partial charge in [0.05, 0.1) is 30.2 Å². The van der Waals surface area contributed by atoms with E-state index in [1.165, 1.54) is 7.11 Å². The molecule has 1 aliphatic rings. The van der Waals surface area contributed by atoms with Gasteiger partial charge in [0.25, 0.3) is 0 Å². The SMILES string of the molecule is COC(=O)c1ccc(C2CN(c3cc(-c4ccccc4O)nnc3N)CC[C@H]2OC)cc1. The maximum absolute atomic E-state index is 11.8. The van der Waals surface area contributed by atoms with Crippen molar-refractivity contribution < 1.29 is 19.4 Å². The number of carbonyl (C=O) groups excluding carboxylic acids is 1. The number of esters is 1. The number of hydrogen-bond donors (Lipinski definition) is 2. The van der Waals surface area contributed by atoms with Crippen molar-refractivity contribution in [1.29, 1.82) is 0 Å². The molecule has 0 radical (unpaired) electrons. The molecule has 32 heavy (non-hydrogen) atoms. The number of aromatic hydroxyl groups is 1. The molecule has 166 valence electrons. The third kappa shape index (κ3) is 4.22. The predicted octanol–water partition coefficient (Wildman–Crippen LogP) is 3.23. The third-order valence-electron chi connectivity index (χ3n) is 5.93. The fourth-order valence-electron chi connectivity index (χ4n) is 4.20. The van der Waals surface area contributed by atoms with Gasteiger partial charge in [-0.15, -0.1) is 10.2 Å². The molecule has 0 spiro atoms. The van der Waals surface area contributed by atoms with Crippen molar-refractivity contribution in [1.82, 2.24) is 10.2 Å². The number of nitrogens with zero attached hydrogens (tertiary/aromatic N) is 3. The molecule has 1 aromatic heterocycles. The van der Waals surface area contributed by atoms with E-state index >= 15 is 0 Å². The lowest BCUT2D eigenvalue weighted by Gasteiger charge is -2.39. The maximum Gasteiger partial charge on any atom is 0.337 e. The van der Waals surface area contributed by atoms with Gasteiger partial charge in [-0.2, -0.15) is 0 Å². The molecule has 0 saturated carbocycles. The van der Waals surface area contributed by atoms with Gasteiger partial charge in [-0.3, -0.25) is 0 Å². The minimum absolute atomic E-state index is 0.0314. The van der Waals surface area contributed by atoms with Crippen molar-refractivity contribution in [2.75, 3.05) is 37.9 Å². The molecular weight excluding hydrogens is 408 g/mol. The number of methoxy groups -OCH3 is 2. The van der Waals surface area contributed by atoms with Gasteiger partial charge in [0.2, 0.25) is 0 Å². The van der Waals surface area contributed by atoms with Gasteiger partial charge in [-0.05, 0) is 42.3 Å². The highest BCUT2D eigenvalue weighted by atomic mass is 16.5. The van der Waals surface area contributed by atoms with E-state index in [9.17, 15) is 9.90 Å². The predicted molar refractivity (Wildman–Crippen MR) is 122 cm³/mol. The normalized spacial score (nSPS) is 18.4. The second-order valence-electron chi connectivity index (χ2n) is 7.75. The molecule has 0 amide bonds. The van der Waals surface area contributed by atoms with Crippen molar-refractivity contribution in [2.24, 2.45) is 0 Å². The molecule has 8 heteroatoms. The van der Waals surface area contributed by atoms with Gasteiger partial charge < -0.3 is 25.2 Å². The van der Waals surface area contributed by atoms with Crippen LogP contribution in [-0.2, 0) is 9.47 Å². The summed E-state index contributed by atoms with van der Waals surface area (Å²) in [5, 5.41) is 18.5. The molecule has 3 aromatic rings. The van der Waals surface area contributed by atoms with Crippen LogP contribution in [0.1, 0.15) is 28.3 Å². The summed E-state index contributed by atoms with van der Waals surface area (Å²) in [6, 6.07) is 16.3. The number of nitrogen functional groups attached to an aromatic ring is 1. The first-order valence-corrected chi connectivity index (χ1v) is 10.4. The van der Waals surface area contributed by atoms with Gasteiger partial charge >= 0.3 is 5.97 Å². The first-order chi connectivity index (χ1) is 15.5. The standard InChI is InChI=1S/C24H26N4O4/c1-31-22-11-12-28(14-18(22)15-7-9-16(10-8-15)24(30)32-2)20-13-19(26-27-23(20)25)17-5-3-4-6-21(17)29/h3-10,13,18,22,29H,11-12,14H2,1-2H3,(H2,25,27)/t18?,22-/m1/s1. The second kappa shape index (κ2) is 9.23. The number of phenolic OH excluding ortho intramolecular Hbond substituents is 1. The summed E-state index contributed by atoms with van der Waals surface area (Å²) in [6.07, 6.45) is 0.831. The molecule has 2 heterocycles. The number of anilines is 2. The summed E-state index contributed by atoms with van der Waals surface area (Å²) < 4.78 is 10.6. The van der Waals surface area contributed by atoms with Crippen molar-refractivity contribution in [3.63, 3.8) is 0 Å². The van der Waals surface area contributed by atoms with E-state index < -0.39 is 0 Å². The first kappa shape index (κ1) is 21.6. The largest absolute Gasteiger partial charge is 0.507 e. The Balaban J connectivity index is 1.63. The van der Waals surface area contributed by atoms with E-state index in [0.717, 1.165) is 24.2 Å². The lowest BCUT2D eigenvalue weighted by molar-refractivity contribution is 0.0600. The molecule has 4 rings (SSSR count). The average Bonchev–Trinajstić information content (AvgIpc) is 2.84. The number of para-hydroxylation sites is 1. The lowest BCUT2D eigenvalue weighted by atomic mass is 9.87. The summed E-state index contributed by atoms with van der Waals surface area (Å²) in [5.74, 6) is 0.179. The molecule has 2 aromatic carbocycles. The van der Waals surface area contributed by atoms with E-state index in [1.807, 2.05) is 24.3 Å². The third-order valence-corrected chi connectivity index (χ3v) is 5.93.